The minimum absolute atomic E-state index is 0.0623. The summed E-state index contributed by atoms with van der Waals surface area (Å²) in [6, 6.07) is -0.888. The SMILES string of the molecule is CCCCCCCCCCCCCCCCCCCC(O)C(COP(=O)(O)OCCN)NC(=O)CC(O)CCCCCCCCCC. The van der Waals surface area contributed by atoms with Crippen molar-refractivity contribution in [1.82, 2.24) is 5.32 Å². The molecule has 0 bridgehead atoms. The summed E-state index contributed by atoms with van der Waals surface area (Å²) in [5, 5.41) is 24.0. The van der Waals surface area contributed by atoms with Gasteiger partial charge in [0, 0.05) is 6.54 Å². The molecule has 4 atom stereocenters. The molecule has 0 radical (unpaired) electrons. The second-order valence-corrected chi connectivity index (χ2v) is 15.1. The highest BCUT2D eigenvalue weighted by atomic mass is 31.2. The number of nitrogens with two attached hydrogens (primary N) is 1. The third-order valence-corrected chi connectivity index (χ3v) is 10.00. The van der Waals surface area contributed by atoms with E-state index in [1.807, 2.05) is 0 Å². The summed E-state index contributed by atoms with van der Waals surface area (Å²) in [6.45, 7) is 4.02. The number of hydrogen-bond acceptors (Lipinski definition) is 7. The van der Waals surface area contributed by atoms with E-state index >= 15 is 0 Å². The van der Waals surface area contributed by atoms with Gasteiger partial charge >= 0.3 is 7.82 Å². The van der Waals surface area contributed by atoms with Gasteiger partial charge in [0.1, 0.15) is 0 Å². The van der Waals surface area contributed by atoms with Gasteiger partial charge in [0.05, 0.1) is 37.9 Å². The number of phosphoric acid groups is 1. The maximum atomic E-state index is 12.7. The summed E-state index contributed by atoms with van der Waals surface area (Å²) in [6.07, 6.45) is 30.1. The van der Waals surface area contributed by atoms with Crippen molar-refractivity contribution in [3.8, 4) is 0 Å². The zero-order valence-corrected chi connectivity index (χ0v) is 31.5. The smallest absolute Gasteiger partial charge is 0.393 e. The molecule has 1 amide bonds. The van der Waals surface area contributed by atoms with Crippen molar-refractivity contribution in [3.05, 3.63) is 0 Å². The average molecular weight is 693 g/mol. The Hall–Kier alpha value is -0.540. The third-order valence-electron chi connectivity index (χ3n) is 9.02. The summed E-state index contributed by atoms with van der Waals surface area (Å²) in [5.74, 6) is -0.414. The summed E-state index contributed by atoms with van der Waals surface area (Å²) in [7, 11) is -4.36. The van der Waals surface area contributed by atoms with Gasteiger partial charge < -0.3 is 26.2 Å². The van der Waals surface area contributed by atoms with Crippen LogP contribution in [0.25, 0.3) is 0 Å². The summed E-state index contributed by atoms with van der Waals surface area (Å²) in [5.41, 5.74) is 5.35. The second kappa shape index (κ2) is 33.9. The Kier molecular flexibility index (Phi) is 33.5. The number of aliphatic hydroxyl groups excluding tert-OH is 2. The lowest BCUT2D eigenvalue weighted by molar-refractivity contribution is -0.125. The van der Waals surface area contributed by atoms with Crippen LogP contribution in [-0.2, 0) is 18.4 Å². The van der Waals surface area contributed by atoms with Crippen LogP contribution < -0.4 is 11.1 Å². The van der Waals surface area contributed by atoms with Crippen LogP contribution in [0.2, 0.25) is 0 Å². The van der Waals surface area contributed by atoms with Gasteiger partial charge in [-0.3, -0.25) is 13.8 Å². The highest BCUT2D eigenvalue weighted by Crippen LogP contribution is 2.43. The molecule has 0 aliphatic carbocycles. The summed E-state index contributed by atoms with van der Waals surface area (Å²) in [4.78, 5) is 22.6. The van der Waals surface area contributed by atoms with Gasteiger partial charge in [-0.2, -0.15) is 0 Å². The fourth-order valence-corrected chi connectivity index (χ4v) is 6.76. The van der Waals surface area contributed by atoms with E-state index in [-0.39, 0.29) is 26.2 Å². The van der Waals surface area contributed by atoms with Crippen LogP contribution in [0.4, 0.5) is 0 Å². The number of phosphoric ester groups is 1. The van der Waals surface area contributed by atoms with Crippen molar-refractivity contribution < 1.29 is 33.5 Å². The van der Waals surface area contributed by atoms with Gasteiger partial charge in [-0.15, -0.1) is 0 Å². The molecular weight excluding hydrogens is 615 g/mol. The first-order valence-electron chi connectivity index (χ1n) is 19.7. The Bertz CT molecular complexity index is 731. The van der Waals surface area contributed by atoms with E-state index in [1.54, 1.807) is 0 Å². The third kappa shape index (κ3) is 32.4. The molecule has 6 N–H and O–H groups in total. The van der Waals surface area contributed by atoms with E-state index in [2.05, 4.69) is 19.2 Å². The largest absolute Gasteiger partial charge is 0.472 e. The molecule has 282 valence electrons. The quantitative estimate of drug-likeness (QED) is 0.0319. The summed E-state index contributed by atoms with van der Waals surface area (Å²) < 4.78 is 22.0. The molecule has 4 unspecified atom stereocenters. The van der Waals surface area contributed by atoms with E-state index in [4.69, 9.17) is 14.8 Å². The van der Waals surface area contributed by atoms with E-state index in [0.29, 0.717) is 12.8 Å². The van der Waals surface area contributed by atoms with Crippen LogP contribution in [-0.4, -0.2) is 59.0 Å². The van der Waals surface area contributed by atoms with Crippen molar-refractivity contribution in [2.75, 3.05) is 19.8 Å². The first-order valence-corrected chi connectivity index (χ1v) is 21.2. The monoisotopic (exact) mass is 693 g/mol. The van der Waals surface area contributed by atoms with Crippen molar-refractivity contribution in [2.45, 2.75) is 212 Å². The van der Waals surface area contributed by atoms with Crippen molar-refractivity contribution in [1.29, 1.82) is 0 Å². The maximum Gasteiger partial charge on any atom is 0.472 e. The van der Waals surface area contributed by atoms with Crippen LogP contribution in [0.5, 0.6) is 0 Å². The van der Waals surface area contributed by atoms with Crippen LogP contribution in [0, 0.1) is 0 Å². The molecule has 0 aliphatic heterocycles. The zero-order valence-electron chi connectivity index (χ0n) is 30.7. The van der Waals surface area contributed by atoms with E-state index in [9.17, 15) is 24.5 Å². The fourth-order valence-electron chi connectivity index (χ4n) is 6.00. The second-order valence-electron chi connectivity index (χ2n) is 13.7. The molecule has 0 saturated heterocycles. The highest BCUT2D eigenvalue weighted by molar-refractivity contribution is 7.47. The van der Waals surface area contributed by atoms with Crippen molar-refractivity contribution in [3.63, 3.8) is 0 Å². The number of carbonyl (C=O) groups is 1. The molecule has 0 aromatic rings. The maximum absolute atomic E-state index is 12.7. The molecule has 9 nitrogen and oxygen atoms in total. The topological polar surface area (TPSA) is 151 Å². The Balaban J connectivity index is 4.27. The number of hydrogen-bond donors (Lipinski definition) is 5. The average Bonchev–Trinajstić information content (AvgIpc) is 3.04. The van der Waals surface area contributed by atoms with Gasteiger partial charge in [-0.05, 0) is 12.8 Å². The van der Waals surface area contributed by atoms with Crippen LogP contribution in [0.3, 0.4) is 0 Å². The molecule has 0 heterocycles. The molecule has 0 aromatic heterocycles. The van der Waals surface area contributed by atoms with Crippen LogP contribution in [0.15, 0.2) is 0 Å². The normalized spacial score (nSPS) is 14.9. The summed E-state index contributed by atoms with van der Waals surface area (Å²) >= 11 is 0. The first kappa shape index (κ1) is 46.5. The van der Waals surface area contributed by atoms with E-state index < -0.39 is 32.0 Å². The van der Waals surface area contributed by atoms with Gasteiger partial charge in [0.15, 0.2) is 0 Å². The molecule has 0 rings (SSSR count). The number of unbranched alkanes of at least 4 members (excludes halogenated alkanes) is 23. The van der Waals surface area contributed by atoms with Gasteiger partial charge in [0.25, 0.3) is 0 Å². The number of rotatable bonds is 37. The fraction of sp³-hybridized carbons (Fsp3) is 0.973. The predicted octanol–water partition coefficient (Wildman–Crippen LogP) is 9.25. The van der Waals surface area contributed by atoms with E-state index in [0.717, 1.165) is 38.5 Å². The molecule has 0 aromatic carbocycles. The minimum atomic E-state index is -4.36. The molecule has 10 heteroatoms. The lowest BCUT2D eigenvalue weighted by Gasteiger charge is -2.25. The van der Waals surface area contributed by atoms with Gasteiger partial charge in [-0.1, -0.05) is 174 Å². The highest BCUT2D eigenvalue weighted by Gasteiger charge is 2.28. The van der Waals surface area contributed by atoms with E-state index in [1.165, 1.54) is 122 Å². The van der Waals surface area contributed by atoms with Gasteiger partial charge in [-0.25, -0.2) is 4.57 Å². The minimum Gasteiger partial charge on any atom is -0.393 e. The lowest BCUT2D eigenvalue weighted by Crippen LogP contribution is -2.47. The molecule has 0 saturated carbocycles. The Labute approximate surface area is 289 Å². The Morgan fingerprint density at radius 3 is 1.43 bits per heavy atom. The number of carbonyl (C=O) groups excluding carboxylic acids is 1. The standard InChI is InChI=1S/C37H77N2O7P/c1-3-5-7-9-11-13-14-15-16-17-18-19-20-21-23-25-27-29-36(41)35(33-46-47(43,44)45-31-30-38)39-37(42)32-34(40)28-26-24-22-12-10-8-6-4-2/h34-36,40-41H,3-33,38H2,1-2H3,(H,39,42)(H,43,44). The Morgan fingerprint density at radius 2 is 1.02 bits per heavy atom. The first-order chi connectivity index (χ1) is 22.8. The molecular formula is C37H77N2O7P. The van der Waals surface area contributed by atoms with Crippen molar-refractivity contribution in [2.24, 2.45) is 5.73 Å². The number of nitrogens with one attached hydrogen (secondary N) is 1. The van der Waals surface area contributed by atoms with Crippen molar-refractivity contribution >= 4 is 13.7 Å². The van der Waals surface area contributed by atoms with Crippen LogP contribution in [0.1, 0.15) is 194 Å². The van der Waals surface area contributed by atoms with Gasteiger partial charge in [0.2, 0.25) is 5.91 Å². The molecule has 47 heavy (non-hydrogen) atoms. The lowest BCUT2D eigenvalue weighted by atomic mass is 10.0. The number of amides is 1. The predicted molar refractivity (Wildman–Crippen MR) is 195 cm³/mol. The zero-order chi connectivity index (χ0) is 34.9. The van der Waals surface area contributed by atoms with Crippen LogP contribution >= 0.6 is 7.82 Å². The number of aliphatic hydroxyl groups is 2. The molecule has 0 aliphatic rings. The Morgan fingerprint density at radius 1 is 0.638 bits per heavy atom. The molecule has 0 spiro atoms. The molecule has 0 fully saturated rings.